The Bertz CT molecular complexity index is 1190. The van der Waals surface area contributed by atoms with Crippen LogP contribution in [0.4, 0.5) is 27.8 Å². The zero-order chi connectivity index (χ0) is 25.2. The molecule has 0 saturated carbocycles. The molecule has 1 saturated heterocycles. The molecule has 1 fully saturated rings. The molecular formula is C22H20F5N7O. The molecule has 0 radical (unpaired) electrons. The van der Waals surface area contributed by atoms with Crippen LogP contribution < -0.4 is 5.32 Å². The molecular weight excluding hydrogens is 473 g/mol. The van der Waals surface area contributed by atoms with Gasteiger partial charge in [0.25, 0.3) is 11.8 Å². The summed E-state index contributed by atoms with van der Waals surface area (Å²) < 4.78 is 66.6. The first-order valence-corrected chi connectivity index (χ1v) is 10.6. The van der Waals surface area contributed by atoms with Gasteiger partial charge in [-0.2, -0.15) is 13.2 Å². The molecule has 13 heteroatoms. The third-order valence-electron chi connectivity index (χ3n) is 5.46. The SMILES string of the molecule is Cc1ccc(-c2ncccn2)c(C(=O)N2CCC(F)(F)CC2CNc2cnc(C(F)(F)F)cn2)n1. The van der Waals surface area contributed by atoms with Crippen LogP contribution >= 0.6 is 0 Å². The Morgan fingerprint density at radius 3 is 2.54 bits per heavy atom. The number of carbonyl (C=O) groups is 1. The van der Waals surface area contributed by atoms with Gasteiger partial charge in [0.2, 0.25) is 0 Å². The maximum atomic E-state index is 14.3. The molecule has 0 aliphatic carbocycles. The van der Waals surface area contributed by atoms with Crippen LogP contribution in [0.25, 0.3) is 11.4 Å². The zero-order valence-electron chi connectivity index (χ0n) is 18.4. The summed E-state index contributed by atoms with van der Waals surface area (Å²) in [5.74, 6) is -3.36. The molecule has 3 aromatic heterocycles. The monoisotopic (exact) mass is 493 g/mol. The number of nitrogens with zero attached hydrogens (tertiary/aromatic N) is 6. The highest BCUT2D eigenvalue weighted by Gasteiger charge is 2.43. The van der Waals surface area contributed by atoms with Crippen molar-refractivity contribution in [1.82, 2.24) is 29.8 Å². The lowest BCUT2D eigenvalue weighted by molar-refractivity contribution is -0.141. The summed E-state index contributed by atoms with van der Waals surface area (Å²) in [6, 6.07) is 3.97. The Morgan fingerprint density at radius 1 is 1.14 bits per heavy atom. The van der Waals surface area contributed by atoms with Crippen molar-refractivity contribution in [3.8, 4) is 11.4 Å². The number of hydrogen-bond donors (Lipinski definition) is 1. The number of carbonyl (C=O) groups excluding carboxylic acids is 1. The van der Waals surface area contributed by atoms with Crippen molar-refractivity contribution >= 4 is 11.7 Å². The summed E-state index contributed by atoms with van der Waals surface area (Å²) in [5, 5.41) is 2.71. The summed E-state index contributed by atoms with van der Waals surface area (Å²) in [6.07, 6.45) is -1.39. The number of alkyl halides is 5. The van der Waals surface area contributed by atoms with Crippen molar-refractivity contribution < 1.29 is 26.7 Å². The number of aryl methyl sites for hydroxylation is 1. The Labute approximate surface area is 196 Å². The average molecular weight is 493 g/mol. The minimum Gasteiger partial charge on any atom is -0.367 e. The molecule has 4 rings (SSSR count). The number of likely N-dealkylation sites (tertiary alicyclic amines) is 1. The number of aromatic nitrogens is 5. The summed E-state index contributed by atoms with van der Waals surface area (Å²) in [6.45, 7) is 1.28. The molecule has 0 spiro atoms. The van der Waals surface area contributed by atoms with Gasteiger partial charge in [-0.1, -0.05) is 0 Å². The first-order chi connectivity index (χ1) is 16.5. The number of anilines is 1. The second-order valence-corrected chi connectivity index (χ2v) is 8.05. The normalized spacial score (nSPS) is 17.8. The van der Waals surface area contributed by atoms with Gasteiger partial charge >= 0.3 is 6.18 Å². The first-order valence-electron chi connectivity index (χ1n) is 10.6. The molecule has 1 N–H and O–H groups in total. The number of rotatable bonds is 5. The van der Waals surface area contributed by atoms with Gasteiger partial charge in [-0.15, -0.1) is 0 Å². The van der Waals surface area contributed by atoms with Crippen LogP contribution in [0.1, 0.15) is 34.7 Å². The van der Waals surface area contributed by atoms with Gasteiger partial charge in [0, 0.05) is 44.0 Å². The second kappa shape index (κ2) is 9.47. The van der Waals surface area contributed by atoms with Crippen molar-refractivity contribution in [2.75, 3.05) is 18.4 Å². The van der Waals surface area contributed by atoms with E-state index < -0.39 is 42.6 Å². The van der Waals surface area contributed by atoms with E-state index in [4.69, 9.17) is 0 Å². The molecule has 35 heavy (non-hydrogen) atoms. The average Bonchev–Trinajstić information content (AvgIpc) is 2.82. The van der Waals surface area contributed by atoms with Crippen molar-refractivity contribution in [2.45, 2.75) is 37.9 Å². The molecule has 3 aromatic rings. The highest BCUT2D eigenvalue weighted by molar-refractivity contribution is 5.98. The first kappa shape index (κ1) is 24.4. The fraction of sp³-hybridized carbons (Fsp3) is 0.364. The maximum absolute atomic E-state index is 14.3. The largest absolute Gasteiger partial charge is 0.434 e. The predicted molar refractivity (Wildman–Crippen MR) is 115 cm³/mol. The van der Waals surface area contributed by atoms with E-state index in [1.165, 1.54) is 17.3 Å². The van der Waals surface area contributed by atoms with Crippen LogP contribution in [0.2, 0.25) is 0 Å². The summed E-state index contributed by atoms with van der Waals surface area (Å²) in [4.78, 5) is 34.4. The van der Waals surface area contributed by atoms with Crippen LogP contribution in [0, 0.1) is 6.92 Å². The molecule has 184 valence electrons. The van der Waals surface area contributed by atoms with E-state index in [1.807, 2.05) is 0 Å². The lowest BCUT2D eigenvalue weighted by Crippen LogP contribution is -2.52. The fourth-order valence-electron chi connectivity index (χ4n) is 3.74. The van der Waals surface area contributed by atoms with Crippen LogP contribution in [0.3, 0.4) is 0 Å². The molecule has 4 heterocycles. The summed E-state index contributed by atoms with van der Waals surface area (Å²) >= 11 is 0. The van der Waals surface area contributed by atoms with Crippen molar-refractivity contribution in [3.05, 3.63) is 60.1 Å². The lowest BCUT2D eigenvalue weighted by atomic mass is 9.97. The van der Waals surface area contributed by atoms with E-state index in [1.54, 1.807) is 25.1 Å². The molecule has 1 aliphatic heterocycles. The van der Waals surface area contributed by atoms with Gasteiger partial charge in [0.1, 0.15) is 11.5 Å². The lowest BCUT2D eigenvalue weighted by Gasteiger charge is -2.39. The molecule has 0 aromatic carbocycles. The van der Waals surface area contributed by atoms with E-state index >= 15 is 0 Å². The van der Waals surface area contributed by atoms with Crippen LogP contribution in [-0.2, 0) is 6.18 Å². The molecule has 8 nitrogen and oxygen atoms in total. The van der Waals surface area contributed by atoms with E-state index in [0.717, 1.165) is 6.20 Å². The van der Waals surface area contributed by atoms with Gasteiger partial charge in [-0.05, 0) is 25.1 Å². The standard InChI is InChI=1S/C22H20F5N7O/c1-13-3-4-15(19-28-6-2-7-29-19)18(33-13)20(35)34-8-5-21(23,24)9-14(34)10-31-17-12-30-16(11-32-17)22(25,26)27/h2-4,6-7,11-12,14H,5,8-10H2,1H3,(H,31,32). The number of amides is 1. The van der Waals surface area contributed by atoms with Crippen LogP contribution in [0.15, 0.2) is 43.0 Å². The highest BCUT2D eigenvalue weighted by Crippen LogP contribution is 2.34. The summed E-state index contributed by atoms with van der Waals surface area (Å²) in [5.41, 5.74) is -0.241. The maximum Gasteiger partial charge on any atom is 0.434 e. The number of pyridine rings is 1. The Hall–Kier alpha value is -3.77. The second-order valence-electron chi connectivity index (χ2n) is 8.05. The quantitative estimate of drug-likeness (QED) is 0.537. The number of halogens is 5. The third-order valence-corrected chi connectivity index (χ3v) is 5.46. The molecule has 1 unspecified atom stereocenters. The number of piperidine rings is 1. The van der Waals surface area contributed by atoms with E-state index in [2.05, 4.69) is 30.2 Å². The van der Waals surface area contributed by atoms with Gasteiger partial charge in [-0.25, -0.2) is 33.7 Å². The van der Waals surface area contributed by atoms with E-state index in [0.29, 0.717) is 17.5 Å². The van der Waals surface area contributed by atoms with Gasteiger partial charge in [0.15, 0.2) is 11.5 Å². The number of hydrogen-bond acceptors (Lipinski definition) is 7. The number of nitrogens with one attached hydrogen (secondary N) is 1. The van der Waals surface area contributed by atoms with Crippen LogP contribution in [-0.4, -0.2) is 60.8 Å². The Balaban J connectivity index is 1.58. The predicted octanol–water partition coefficient (Wildman–Crippen LogP) is 4.01. The summed E-state index contributed by atoms with van der Waals surface area (Å²) in [7, 11) is 0. The zero-order valence-corrected chi connectivity index (χ0v) is 18.4. The molecule has 1 amide bonds. The van der Waals surface area contributed by atoms with Gasteiger partial charge < -0.3 is 10.2 Å². The van der Waals surface area contributed by atoms with Gasteiger partial charge in [0.05, 0.1) is 24.0 Å². The minimum absolute atomic E-state index is 0.0285. The molecule has 1 atom stereocenters. The minimum atomic E-state index is -4.65. The van der Waals surface area contributed by atoms with Gasteiger partial charge in [-0.3, -0.25) is 4.79 Å². The van der Waals surface area contributed by atoms with Crippen LogP contribution in [0.5, 0.6) is 0 Å². The van der Waals surface area contributed by atoms with Crippen molar-refractivity contribution in [2.24, 2.45) is 0 Å². The Kier molecular flexibility index (Phi) is 6.59. The topological polar surface area (TPSA) is 96.8 Å². The fourth-order valence-corrected chi connectivity index (χ4v) is 3.74. The molecule has 0 bridgehead atoms. The molecule has 1 aliphatic rings. The van der Waals surface area contributed by atoms with E-state index in [9.17, 15) is 26.7 Å². The third kappa shape index (κ3) is 5.66. The van der Waals surface area contributed by atoms with Crippen molar-refractivity contribution in [1.29, 1.82) is 0 Å². The Morgan fingerprint density at radius 2 is 1.89 bits per heavy atom. The smallest absolute Gasteiger partial charge is 0.367 e. The van der Waals surface area contributed by atoms with E-state index in [-0.39, 0.29) is 30.4 Å². The highest BCUT2D eigenvalue weighted by atomic mass is 19.4. The van der Waals surface area contributed by atoms with Crippen molar-refractivity contribution in [3.63, 3.8) is 0 Å².